The summed E-state index contributed by atoms with van der Waals surface area (Å²) in [7, 11) is -2.32. The van der Waals surface area contributed by atoms with Crippen molar-refractivity contribution in [3.63, 3.8) is 0 Å². The van der Waals surface area contributed by atoms with Crippen LogP contribution in [-0.2, 0) is 24.3 Å². The van der Waals surface area contributed by atoms with Crippen molar-refractivity contribution in [3.05, 3.63) is 24.3 Å². The fraction of sp³-hybridized carbons (Fsp3) is 0.529. The summed E-state index contributed by atoms with van der Waals surface area (Å²) in [5.74, 6) is -1.03. The van der Waals surface area contributed by atoms with E-state index in [1.165, 1.54) is 23.5 Å². The second kappa shape index (κ2) is 9.67. The lowest BCUT2D eigenvalue weighted by Gasteiger charge is -2.34. The number of hydrogen-bond donors (Lipinski definition) is 2. The Morgan fingerprint density at radius 2 is 1.89 bits per heavy atom. The lowest BCUT2D eigenvalue weighted by atomic mass is 10.3. The van der Waals surface area contributed by atoms with Crippen LogP contribution in [0.3, 0.4) is 0 Å². The maximum atomic E-state index is 12.9. The third-order valence-corrected chi connectivity index (χ3v) is 5.90. The Morgan fingerprint density at radius 1 is 1.22 bits per heavy atom. The van der Waals surface area contributed by atoms with E-state index in [-0.39, 0.29) is 18.0 Å². The van der Waals surface area contributed by atoms with Crippen LogP contribution in [0.2, 0.25) is 0 Å². The van der Waals surface area contributed by atoms with Crippen LogP contribution in [0.5, 0.6) is 5.75 Å². The van der Waals surface area contributed by atoms with Crippen LogP contribution >= 0.6 is 0 Å². The van der Waals surface area contributed by atoms with Crippen LogP contribution in [0.15, 0.2) is 29.2 Å². The van der Waals surface area contributed by atoms with Crippen LogP contribution in [0, 0.1) is 0 Å². The molecule has 0 radical (unpaired) electrons. The topological polar surface area (TPSA) is 114 Å². The van der Waals surface area contributed by atoms with E-state index in [2.05, 4.69) is 10.6 Å². The molecule has 1 atom stereocenters. The lowest BCUT2D eigenvalue weighted by Crippen LogP contribution is -2.53. The zero-order chi connectivity index (χ0) is 19.9. The second-order valence-electron chi connectivity index (χ2n) is 5.94. The monoisotopic (exact) mass is 399 g/mol. The minimum absolute atomic E-state index is 0.103. The number of hydrogen-bond acceptors (Lipinski definition) is 6. The normalized spacial score (nSPS) is 17.9. The average Bonchev–Trinajstić information content (AvgIpc) is 2.70. The highest BCUT2D eigenvalue weighted by atomic mass is 32.2. The molecular formula is C17H25N3O6S. The van der Waals surface area contributed by atoms with Gasteiger partial charge in [0.05, 0.1) is 25.2 Å². The van der Waals surface area contributed by atoms with E-state index < -0.39 is 28.1 Å². The van der Waals surface area contributed by atoms with Crippen LogP contribution in [-0.4, -0.2) is 64.1 Å². The number of benzene rings is 1. The predicted octanol–water partition coefficient (Wildman–Crippen LogP) is 0.0747. The van der Waals surface area contributed by atoms with Crippen molar-refractivity contribution >= 4 is 21.8 Å². The molecule has 2 amide bonds. The molecule has 1 aromatic rings. The summed E-state index contributed by atoms with van der Waals surface area (Å²) in [6.45, 7) is 2.78. The first-order valence-electron chi connectivity index (χ1n) is 8.73. The molecular weight excluding hydrogens is 374 g/mol. The lowest BCUT2D eigenvalue weighted by molar-refractivity contribution is -0.140. The molecule has 1 fully saturated rings. The minimum Gasteiger partial charge on any atom is -0.497 e. The molecule has 0 aromatic heterocycles. The van der Waals surface area contributed by atoms with Crippen molar-refractivity contribution in [2.24, 2.45) is 0 Å². The summed E-state index contributed by atoms with van der Waals surface area (Å²) in [6, 6.07) is 6.03. The predicted molar refractivity (Wildman–Crippen MR) is 97.6 cm³/mol. The number of amides is 2. The van der Waals surface area contributed by atoms with Gasteiger partial charge >= 0.3 is 11.8 Å². The maximum absolute atomic E-state index is 12.9. The SMILES string of the molecule is CCCNC(=O)C(=O)NCC1OCCCN1S(=O)(=O)c1ccc(OC)cc1. The number of nitrogens with one attached hydrogen (secondary N) is 2. The van der Waals surface area contributed by atoms with E-state index in [1.54, 1.807) is 12.1 Å². The summed E-state index contributed by atoms with van der Waals surface area (Å²) in [6.07, 6.45) is 0.365. The summed E-state index contributed by atoms with van der Waals surface area (Å²) in [5.41, 5.74) is 0. The fourth-order valence-corrected chi connectivity index (χ4v) is 4.13. The van der Waals surface area contributed by atoms with Crippen LogP contribution in [0.1, 0.15) is 19.8 Å². The Kier molecular flexibility index (Phi) is 7.57. The molecule has 9 nitrogen and oxygen atoms in total. The van der Waals surface area contributed by atoms with Crippen molar-refractivity contribution in [1.82, 2.24) is 14.9 Å². The summed E-state index contributed by atoms with van der Waals surface area (Å²) < 4.78 is 37.6. The van der Waals surface area contributed by atoms with Gasteiger partial charge in [-0.05, 0) is 37.1 Å². The number of nitrogens with zero attached hydrogens (tertiary/aromatic N) is 1. The number of carbonyl (C=O) groups is 2. The van der Waals surface area contributed by atoms with Gasteiger partial charge < -0.3 is 20.1 Å². The highest BCUT2D eigenvalue weighted by molar-refractivity contribution is 7.89. The van der Waals surface area contributed by atoms with E-state index >= 15 is 0 Å². The number of carbonyl (C=O) groups excluding carboxylic acids is 2. The first-order chi connectivity index (χ1) is 12.9. The molecule has 1 unspecified atom stereocenters. The molecule has 2 N–H and O–H groups in total. The van der Waals surface area contributed by atoms with Gasteiger partial charge in [0.2, 0.25) is 10.0 Å². The van der Waals surface area contributed by atoms with Crippen molar-refractivity contribution in [3.8, 4) is 5.75 Å². The quantitative estimate of drug-likeness (QED) is 0.628. The van der Waals surface area contributed by atoms with Crippen LogP contribution < -0.4 is 15.4 Å². The molecule has 0 spiro atoms. The molecule has 1 aliphatic heterocycles. The van der Waals surface area contributed by atoms with E-state index in [1.807, 2.05) is 6.92 Å². The Balaban J connectivity index is 2.07. The molecule has 1 saturated heterocycles. The number of ether oxygens (including phenoxy) is 2. The Bertz CT molecular complexity index is 750. The summed E-state index contributed by atoms with van der Waals surface area (Å²) in [5, 5.41) is 4.89. The van der Waals surface area contributed by atoms with Gasteiger partial charge in [0.15, 0.2) is 0 Å². The smallest absolute Gasteiger partial charge is 0.309 e. The van der Waals surface area contributed by atoms with Gasteiger partial charge in [-0.1, -0.05) is 6.92 Å². The van der Waals surface area contributed by atoms with E-state index in [0.29, 0.717) is 31.7 Å². The van der Waals surface area contributed by atoms with E-state index in [4.69, 9.17) is 9.47 Å². The molecule has 150 valence electrons. The molecule has 0 aliphatic carbocycles. The second-order valence-corrected chi connectivity index (χ2v) is 7.83. The van der Waals surface area contributed by atoms with Gasteiger partial charge in [-0.3, -0.25) is 9.59 Å². The highest BCUT2D eigenvalue weighted by Gasteiger charge is 2.34. The van der Waals surface area contributed by atoms with E-state index in [9.17, 15) is 18.0 Å². The van der Waals surface area contributed by atoms with Gasteiger partial charge in [0.1, 0.15) is 12.0 Å². The van der Waals surface area contributed by atoms with Crippen molar-refractivity contribution in [2.45, 2.75) is 30.9 Å². The van der Waals surface area contributed by atoms with Crippen molar-refractivity contribution < 1.29 is 27.5 Å². The minimum atomic E-state index is -3.82. The summed E-state index contributed by atoms with van der Waals surface area (Å²) in [4.78, 5) is 23.6. The van der Waals surface area contributed by atoms with E-state index in [0.717, 1.165) is 0 Å². The standard InChI is InChI=1S/C17H25N3O6S/c1-3-9-18-16(21)17(22)19-12-15-20(10-4-11-26-15)27(23,24)14-7-5-13(25-2)6-8-14/h5-8,15H,3-4,9-12H2,1-2H3,(H,18,21)(H,19,22). The average molecular weight is 399 g/mol. The zero-order valence-electron chi connectivity index (χ0n) is 15.4. The maximum Gasteiger partial charge on any atom is 0.309 e. The molecule has 2 rings (SSSR count). The number of methoxy groups -OCH3 is 1. The van der Waals surface area contributed by atoms with Crippen molar-refractivity contribution in [2.75, 3.05) is 33.4 Å². The fourth-order valence-electron chi connectivity index (χ4n) is 2.56. The highest BCUT2D eigenvalue weighted by Crippen LogP contribution is 2.23. The third-order valence-electron chi connectivity index (χ3n) is 4.00. The van der Waals surface area contributed by atoms with Crippen LogP contribution in [0.4, 0.5) is 0 Å². The Morgan fingerprint density at radius 3 is 2.52 bits per heavy atom. The molecule has 1 aromatic carbocycles. The molecule has 10 heteroatoms. The van der Waals surface area contributed by atoms with Gasteiger partial charge in [-0.2, -0.15) is 4.31 Å². The number of rotatable bonds is 7. The first-order valence-corrected chi connectivity index (χ1v) is 10.2. The van der Waals surface area contributed by atoms with Gasteiger partial charge in [-0.15, -0.1) is 0 Å². The molecule has 0 bridgehead atoms. The molecule has 1 aliphatic rings. The largest absolute Gasteiger partial charge is 0.497 e. The molecule has 27 heavy (non-hydrogen) atoms. The number of sulfonamides is 1. The van der Waals surface area contributed by atoms with Crippen LogP contribution in [0.25, 0.3) is 0 Å². The Labute approximate surface area is 159 Å². The zero-order valence-corrected chi connectivity index (χ0v) is 16.3. The third kappa shape index (κ3) is 5.41. The van der Waals surface area contributed by atoms with Crippen molar-refractivity contribution in [1.29, 1.82) is 0 Å². The molecule has 1 heterocycles. The Hall–Kier alpha value is -2.17. The summed E-state index contributed by atoms with van der Waals surface area (Å²) >= 11 is 0. The van der Waals surface area contributed by atoms with Gasteiger partial charge in [0.25, 0.3) is 0 Å². The first kappa shape index (κ1) is 21.1. The van der Waals surface area contributed by atoms with Gasteiger partial charge in [0, 0.05) is 13.1 Å². The molecule has 0 saturated carbocycles. The van der Waals surface area contributed by atoms with Gasteiger partial charge in [-0.25, -0.2) is 8.42 Å².